The first-order valence-electron chi connectivity index (χ1n) is 6.93. The van der Waals surface area contributed by atoms with Gasteiger partial charge in [0.05, 0.1) is 17.2 Å². The van der Waals surface area contributed by atoms with E-state index in [9.17, 15) is 13.2 Å². The minimum atomic E-state index is -2.92. The summed E-state index contributed by atoms with van der Waals surface area (Å²) >= 11 is 0. The molecular formula is C14H18N2O4S. The predicted molar refractivity (Wildman–Crippen MR) is 79.1 cm³/mol. The van der Waals surface area contributed by atoms with E-state index in [0.717, 1.165) is 5.56 Å². The number of benzene rings is 1. The molecule has 2 unspecified atom stereocenters. The van der Waals surface area contributed by atoms with Crippen LogP contribution in [0.1, 0.15) is 18.0 Å². The first kappa shape index (κ1) is 14.3. The molecule has 0 spiro atoms. The smallest absolute Gasteiger partial charge is 0.262 e. The second kappa shape index (κ2) is 5.31. The molecule has 7 heteroatoms. The lowest BCUT2D eigenvalue weighted by atomic mass is 9.92. The Labute approximate surface area is 123 Å². The van der Waals surface area contributed by atoms with Gasteiger partial charge in [-0.15, -0.1) is 0 Å². The van der Waals surface area contributed by atoms with Gasteiger partial charge in [-0.05, 0) is 37.1 Å². The average molecular weight is 310 g/mol. The lowest BCUT2D eigenvalue weighted by molar-refractivity contribution is -0.118. The van der Waals surface area contributed by atoms with Crippen LogP contribution in [0.3, 0.4) is 0 Å². The lowest BCUT2D eigenvalue weighted by Gasteiger charge is -2.25. The Kier molecular flexibility index (Phi) is 3.62. The van der Waals surface area contributed by atoms with Gasteiger partial charge in [0.25, 0.3) is 5.91 Å². The van der Waals surface area contributed by atoms with Crippen LogP contribution in [0.4, 0.5) is 5.69 Å². The van der Waals surface area contributed by atoms with Gasteiger partial charge < -0.3 is 15.4 Å². The Morgan fingerprint density at radius 1 is 1.43 bits per heavy atom. The van der Waals surface area contributed by atoms with E-state index in [-0.39, 0.29) is 36.0 Å². The zero-order valence-electron chi connectivity index (χ0n) is 11.8. The number of carbonyl (C=O) groups is 1. The zero-order chi connectivity index (χ0) is 15.0. The van der Waals surface area contributed by atoms with Crippen molar-refractivity contribution < 1.29 is 17.9 Å². The van der Waals surface area contributed by atoms with E-state index in [1.165, 1.54) is 0 Å². The van der Waals surface area contributed by atoms with Gasteiger partial charge in [-0.1, -0.05) is 6.07 Å². The van der Waals surface area contributed by atoms with Crippen molar-refractivity contribution in [3.63, 3.8) is 0 Å². The predicted octanol–water partition coefficient (Wildman–Crippen LogP) is 0.713. The van der Waals surface area contributed by atoms with Gasteiger partial charge in [-0.2, -0.15) is 0 Å². The fourth-order valence-corrected chi connectivity index (χ4v) is 4.90. The van der Waals surface area contributed by atoms with Gasteiger partial charge in [-0.25, -0.2) is 8.42 Å². The van der Waals surface area contributed by atoms with Crippen LogP contribution in [0.5, 0.6) is 5.75 Å². The van der Waals surface area contributed by atoms with E-state index in [1.807, 2.05) is 25.2 Å². The maximum atomic E-state index is 11.7. The first-order chi connectivity index (χ1) is 9.98. The summed E-state index contributed by atoms with van der Waals surface area (Å²) in [5.41, 5.74) is 1.61. The largest absolute Gasteiger partial charge is 0.482 e. The van der Waals surface area contributed by atoms with Crippen LogP contribution >= 0.6 is 0 Å². The van der Waals surface area contributed by atoms with Crippen LogP contribution in [0.25, 0.3) is 0 Å². The fraction of sp³-hybridized carbons (Fsp3) is 0.500. The summed E-state index contributed by atoms with van der Waals surface area (Å²) in [6.07, 6.45) is 0.660. The van der Waals surface area contributed by atoms with E-state index in [1.54, 1.807) is 0 Å². The van der Waals surface area contributed by atoms with Crippen LogP contribution in [-0.2, 0) is 14.6 Å². The minimum absolute atomic E-state index is 0.0304. The van der Waals surface area contributed by atoms with Crippen LogP contribution < -0.4 is 15.4 Å². The van der Waals surface area contributed by atoms with E-state index >= 15 is 0 Å². The fourth-order valence-electron chi connectivity index (χ4n) is 3.06. The number of fused-ring (bicyclic) bond motifs is 1. The van der Waals surface area contributed by atoms with E-state index in [4.69, 9.17) is 4.74 Å². The van der Waals surface area contributed by atoms with Crippen molar-refractivity contribution in [2.45, 2.75) is 12.5 Å². The summed E-state index contributed by atoms with van der Waals surface area (Å²) in [6.45, 7) is 0.0304. The highest BCUT2D eigenvalue weighted by Crippen LogP contribution is 2.35. The second-order valence-corrected chi connectivity index (χ2v) is 7.75. The van der Waals surface area contributed by atoms with Crippen molar-refractivity contribution in [3.8, 4) is 5.75 Å². The third-order valence-corrected chi connectivity index (χ3v) is 5.84. The van der Waals surface area contributed by atoms with Crippen molar-refractivity contribution in [1.82, 2.24) is 5.32 Å². The number of ether oxygens (including phenoxy) is 1. The van der Waals surface area contributed by atoms with Crippen LogP contribution in [0.15, 0.2) is 18.2 Å². The third-order valence-electron chi connectivity index (χ3n) is 4.05. The van der Waals surface area contributed by atoms with E-state index in [2.05, 4.69) is 10.6 Å². The number of amides is 1. The SMILES string of the molecule is CNC(c1ccc2c(c1)NC(=O)CO2)C1CCS(=O)(=O)C1. The Morgan fingerprint density at radius 3 is 2.90 bits per heavy atom. The standard InChI is InChI=1S/C14H18N2O4S/c1-15-14(10-4-5-21(18,19)8-10)9-2-3-12-11(6-9)16-13(17)7-20-12/h2-3,6,10,14-15H,4-5,7-8H2,1H3,(H,16,17). The number of rotatable bonds is 3. The van der Waals surface area contributed by atoms with Crippen molar-refractivity contribution in [2.24, 2.45) is 5.92 Å². The number of anilines is 1. The van der Waals surface area contributed by atoms with Crippen molar-refractivity contribution in [3.05, 3.63) is 23.8 Å². The van der Waals surface area contributed by atoms with Gasteiger partial charge in [-0.3, -0.25) is 4.79 Å². The molecule has 2 aliphatic rings. The number of hydrogen-bond acceptors (Lipinski definition) is 5. The summed E-state index contributed by atoms with van der Waals surface area (Å²) in [4.78, 5) is 11.4. The highest BCUT2D eigenvalue weighted by molar-refractivity contribution is 7.91. The van der Waals surface area contributed by atoms with Gasteiger partial charge >= 0.3 is 0 Å². The van der Waals surface area contributed by atoms with Gasteiger partial charge in [0.15, 0.2) is 16.4 Å². The molecular weight excluding hydrogens is 292 g/mol. The normalized spacial score (nSPS) is 24.8. The van der Waals surface area contributed by atoms with Gasteiger partial charge in [0, 0.05) is 6.04 Å². The molecule has 0 bridgehead atoms. The molecule has 1 amide bonds. The molecule has 6 nitrogen and oxygen atoms in total. The number of nitrogens with one attached hydrogen (secondary N) is 2. The minimum Gasteiger partial charge on any atom is -0.482 e. The molecule has 0 aliphatic carbocycles. The summed E-state index contributed by atoms with van der Waals surface area (Å²) in [5.74, 6) is 0.980. The molecule has 2 atom stereocenters. The Morgan fingerprint density at radius 2 is 2.24 bits per heavy atom. The van der Waals surface area contributed by atoms with Crippen molar-refractivity contribution >= 4 is 21.4 Å². The lowest BCUT2D eigenvalue weighted by Crippen LogP contribution is -2.28. The maximum absolute atomic E-state index is 11.7. The molecule has 21 heavy (non-hydrogen) atoms. The molecule has 3 rings (SSSR count). The Balaban J connectivity index is 1.88. The molecule has 1 fully saturated rings. The zero-order valence-corrected chi connectivity index (χ0v) is 12.6. The first-order valence-corrected chi connectivity index (χ1v) is 8.75. The van der Waals surface area contributed by atoms with Crippen LogP contribution in [0, 0.1) is 5.92 Å². The highest BCUT2D eigenvalue weighted by atomic mass is 32.2. The van der Waals surface area contributed by atoms with Crippen LogP contribution in [0.2, 0.25) is 0 Å². The molecule has 2 aliphatic heterocycles. The molecule has 0 aromatic heterocycles. The molecule has 0 saturated carbocycles. The van der Waals surface area contributed by atoms with Crippen LogP contribution in [-0.4, -0.2) is 39.5 Å². The third kappa shape index (κ3) is 2.89. The second-order valence-electron chi connectivity index (χ2n) is 5.52. The maximum Gasteiger partial charge on any atom is 0.262 e. The highest BCUT2D eigenvalue weighted by Gasteiger charge is 2.34. The Hall–Kier alpha value is -1.60. The molecule has 2 heterocycles. The quantitative estimate of drug-likeness (QED) is 0.859. The number of hydrogen-bond donors (Lipinski definition) is 2. The van der Waals surface area contributed by atoms with E-state index < -0.39 is 9.84 Å². The molecule has 114 valence electrons. The van der Waals surface area contributed by atoms with Gasteiger partial charge in [0.1, 0.15) is 5.75 Å². The number of sulfone groups is 1. The average Bonchev–Trinajstić information content (AvgIpc) is 2.79. The summed E-state index contributed by atoms with van der Waals surface area (Å²) < 4.78 is 28.7. The molecule has 2 N–H and O–H groups in total. The molecule has 1 aromatic carbocycles. The summed E-state index contributed by atoms with van der Waals surface area (Å²) in [7, 11) is -1.10. The summed E-state index contributed by atoms with van der Waals surface area (Å²) in [6, 6.07) is 5.55. The molecule has 1 saturated heterocycles. The van der Waals surface area contributed by atoms with Crippen molar-refractivity contribution in [2.75, 3.05) is 30.5 Å². The van der Waals surface area contributed by atoms with Crippen molar-refractivity contribution in [1.29, 1.82) is 0 Å². The monoisotopic (exact) mass is 310 g/mol. The topological polar surface area (TPSA) is 84.5 Å². The van der Waals surface area contributed by atoms with E-state index in [0.29, 0.717) is 17.9 Å². The number of carbonyl (C=O) groups excluding carboxylic acids is 1. The molecule has 0 radical (unpaired) electrons. The Bertz CT molecular complexity index is 672. The summed E-state index contributed by atoms with van der Waals surface area (Å²) in [5, 5.41) is 5.97. The van der Waals surface area contributed by atoms with Gasteiger partial charge in [0.2, 0.25) is 0 Å². The molecule has 1 aromatic rings.